The molecule has 0 saturated carbocycles. The summed E-state index contributed by atoms with van der Waals surface area (Å²) in [4.78, 5) is 29.3. The highest BCUT2D eigenvalue weighted by Gasteiger charge is 2.27. The number of imidazole rings is 1. The number of halogens is 1. The molecule has 1 aliphatic rings. The van der Waals surface area contributed by atoms with E-state index in [1.54, 1.807) is 15.5 Å². The second-order valence-electron chi connectivity index (χ2n) is 7.96. The number of benzene rings is 1. The van der Waals surface area contributed by atoms with Gasteiger partial charge >= 0.3 is 11.8 Å². The van der Waals surface area contributed by atoms with Crippen molar-refractivity contribution in [1.82, 2.24) is 14.5 Å². The molecule has 154 valence electrons. The van der Waals surface area contributed by atoms with Gasteiger partial charge in [0.1, 0.15) is 5.75 Å². The van der Waals surface area contributed by atoms with Crippen LogP contribution in [0.25, 0.3) is 11.0 Å². The van der Waals surface area contributed by atoms with Crippen LogP contribution in [-0.4, -0.2) is 46.3 Å². The SMILES string of the molecule is CC(C)COC(=O)N1CCC(n2c(=O)[nH]c3cc(Cl)c(OC(C)C)cc32)CC1. The highest BCUT2D eigenvalue weighted by Crippen LogP contribution is 2.32. The molecule has 0 aliphatic carbocycles. The first-order chi connectivity index (χ1) is 13.3. The average molecular weight is 410 g/mol. The predicted octanol–water partition coefficient (Wildman–Crippen LogP) is 4.20. The lowest BCUT2D eigenvalue weighted by molar-refractivity contribution is 0.0798. The molecule has 7 nitrogen and oxygen atoms in total. The van der Waals surface area contributed by atoms with E-state index in [4.69, 9.17) is 21.1 Å². The fourth-order valence-corrected chi connectivity index (χ4v) is 3.68. The minimum Gasteiger partial charge on any atom is -0.489 e. The quantitative estimate of drug-likeness (QED) is 0.802. The number of H-pyrrole nitrogens is 1. The second-order valence-corrected chi connectivity index (χ2v) is 8.36. The van der Waals surface area contributed by atoms with E-state index in [0.717, 1.165) is 5.52 Å². The van der Waals surface area contributed by atoms with Gasteiger partial charge in [-0.1, -0.05) is 25.4 Å². The molecular weight excluding hydrogens is 382 g/mol. The number of carbonyl (C=O) groups is 1. The van der Waals surface area contributed by atoms with E-state index in [0.29, 0.717) is 54.7 Å². The van der Waals surface area contributed by atoms with Crippen LogP contribution in [0, 0.1) is 5.92 Å². The summed E-state index contributed by atoms with van der Waals surface area (Å²) in [5, 5.41) is 0.470. The fraction of sp³-hybridized carbons (Fsp3) is 0.600. The van der Waals surface area contributed by atoms with Crippen LogP contribution in [0.2, 0.25) is 5.02 Å². The van der Waals surface area contributed by atoms with Gasteiger partial charge in [-0.2, -0.15) is 0 Å². The Balaban J connectivity index is 1.78. The average Bonchev–Trinajstić information content (AvgIpc) is 2.94. The molecule has 2 heterocycles. The Kier molecular flexibility index (Phi) is 6.23. The zero-order valence-corrected chi connectivity index (χ0v) is 17.6. The van der Waals surface area contributed by atoms with Crippen LogP contribution in [0.4, 0.5) is 4.79 Å². The Bertz CT molecular complexity index is 895. The summed E-state index contributed by atoms with van der Waals surface area (Å²) in [5.41, 5.74) is 1.28. The highest BCUT2D eigenvalue weighted by atomic mass is 35.5. The summed E-state index contributed by atoms with van der Waals surface area (Å²) >= 11 is 6.29. The number of hydrogen-bond acceptors (Lipinski definition) is 4. The molecule has 1 saturated heterocycles. The molecule has 1 fully saturated rings. The van der Waals surface area contributed by atoms with E-state index >= 15 is 0 Å². The van der Waals surface area contributed by atoms with Gasteiger partial charge in [0.15, 0.2) is 0 Å². The Morgan fingerprint density at radius 3 is 2.54 bits per heavy atom. The normalized spacial score (nSPS) is 15.6. The van der Waals surface area contributed by atoms with Gasteiger partial charge in [-0.25, -0.2) is 9.59 Å². The standard InChI is InChI=1S/C20H28ClN3O4/c1-12(2)11-27-20(26)23-7-5-14(6-8-23)24-17-10-18(28-13(3)4)15(21)9-16(17)22-19(24)25/h9-10,12-14H,5-8,11H2,1-4H3,(H,22,25). The van der Waals surface area contributed by atoms with Crippen LogP contribution in [-0.2, 0) is 4.74 Å². The topological polar surface area (TPSA) is 76.6 Å². The number of carbonyl (C=O) groups excluding carboxylic acids is 1. The van der Waals surface area contributed by atoms with Gasteiger partial charge in [-0.05, 0) is 38.7 Å². The van der Waals surface area contributed by atoms with Gasteiger partial charge in [0, 0.05) is 25.2 Å². The molecule has 8 heteroatoms. The van der Waals surface area contributed by atoms with Crippen LogP contribution in [0.15, 0.2) is 16.9 Å². The smallest absolute Gasteiger partial charge is 0.409 e. The minimum absolute atomic E-state index is 0.00322. The van der Waals surface area contributed by atoms with Gasteiger partial charge in [-0.15, -0.1) is 0 Å². The molecule has 2 aromatic rings. The summed E-state index contributed by atoms with van der Waals surface area (Å²) in [7, 11) is 0. The third kappa shape index (κ3) is 4.46. The first kappa shape index (κ1) is 20.6. The Labute approximate surface area is 169 Å². The molecule has 1 aliphatic heterocycles. The minimum atomic E-state index is -0.280. The number of ether oxygens (including phenoxy) is 2. The third-order valence-corrected chi connectivity index (χ3v) is 5.06. The van der Waals surface area contributed by atoms with Crippen molar-refractivity contribution in [2.75, 3.05) is 19.7 Å². The van der Waals surface area contributed by atoms with Crippen molar-refractivity contribution in [1.29, 1.82) is 0 Å². The van der Waals surface area contributed by atoms with Crippen molar-refractivity contribution in [3.05, 3.63) is 27.6 Å². The number of amides is 1. The predicted molar refractivity (Wildman–Crippen MR) is 109 cm³/mol. The van der Waals surface area contributed by atoms with Crippen molar-refractivity contribution in [3.63, 3.8) is 0 Å². The first-order valence-electron chi connectivity index (χ1n) is 9.78. The van der Waals surface area contributed by atoms with Crippen molar-refractivity contribution < 1.29 is 14.3 Å². The lowest BCUT2D eigenvalue weighted by Crippen LogP contribution is -2.41. The second kappa shape index (κ2) is 8.47. The van der Waals surface area contributed by atoms with Crippen molar-refractivity contribution in [3.8, 4) is 5.75 Å². The van der Waals surface area contributed by atoms with Crippen molar-refractivity contribution in [2.24, 2.45) is 5.92 Å². The largest absolute Gasteiger partial charge is 0.489 e. The molecule has 1 N–H and O–H groups in total. The van der Waals surface area contributed by atoms with Crippen LogP contribution < -0.4 is 10.4 Å². The van der Waals surface area contributed by atoms with E-state index in [9.17, 15) is 9.59 Å². The van der Waals surface area contributed by atoms with Crippen molar-refractivity contribution >= 4 is 28.7 Å². The van der Waals surface area contributed by atoms with Crippen LogP contribution in [0.3, 0.4) is 0 Å². The van der Waals surface area contributed by atoms with Crippen molar-refractivity contribution in [2.45, 2.75) is 52.7 Å². The summed E-state index contributed by atoms with van der Waals surface area (Å²) in [6, 6.07) is 3.55. The number of fused-ring (bicyclic) bond motifs is 1. The monoisotopic (exact) mass is 409 g/mol. The van der Waals surface area contributed by atoms with E-state index < -0.39 is 0 Å². The Morgan fingerprint density at radius 1 is 1.25 bits per heavy atom. The first-order valence-corrected chi connectivity index (χ1v) is 10.2. The van der Waals surface area contributed by atoms with E-state index in [1.165, 1.54) is 0 Å². The molecule has 1 aromatic carbocycles. The zero-order valence-electron chi connectivity index (χ0n) is 16.8. The maximum absolute atomic E-state index is 12.6. The summed E-state index contributed by atoms with van der Waals surface area (Å²) < 4.78 is 12.8. The molecule has 0 spiro atoms. The number of nitrogens with one attached hydrogen (secondary N) is 1. The highest BCUT2D eigenvalue weighted by molar-refractivity contribution is 6.32. The van der Waals surface area contributed by atoms with E-state index in [1.807, 2.05) is 33.8 Å². The Hall–Kier alpha value is -2.15. The zero-order chi connectivity index (χ0) is 20.4. The Morgan fingerprint density at radius 2 is 1.93 bits per heavy atom. The summed E-state index contributed by atoms with van der Waals surface area (Å²) in [6.07, 6.45) is 1.08. The molecular formula is C20H28ClN3O4. The van der Waals surface area contributed by atoms with E-state index in [2.05, 4.69) is 4.98 Å². The number of aromatic amines is 1. The van der Waals surface area contributed by atoms with Gasteiger partial charge in [0.25, 0.3) is 0 Å². The number of piperidine rings is 1. The maximum atomic E-state index is 12.6. The molecule has 0 unspecified atom stereocenters. The lowest BCUT2D eigenvalue weighted by atomic mass is 10.0. The third-order valence-electron chi connectivity index (χ3n) is 4.76. The number of hydrogen-bond donors (Lipinski definition) is 1. The number of rotatable bonds is 5. The number of nitrogens with zero attached hydrogens (tertiary/aromatic N) is 2. The molecule has 0 atom stereocenters. The molecule has 0 radical (unpaired) electrons. The van der Waals surface area contributed by atoms with Crippen LogP contribution in [0.1, 0.15) is 46.6 Å². The van der Waals surface area contributed by atoms with Gasteiger partial charge in [0.05, 0.1) is 28.8 Å². The molecule has 1 aromatic heterocycles. The summed E-state index contributed by atoms with van der Waals surface area (Å²) in [5.74, 6) is 0.868. The van der Waals surface area contributed by atoms with Gasteiger partial charge in [0.2, 0.25) is 0 Å². The molecule has 3 rings (SSSR count). The van der Waals surface area contributed by atoms with Gasteiger partial charge < -0.3 is 19.4 Å². The molecule has 28 heavy (non-hydrogen) atoms. The van der Waals surface area contributed by atoms with E-state index in [-0.39, 0.29) is 23.9 Å². The van der Waals surface area contributed by atoms with Crippen LogP contribution >= 0.6 is 11.6 Å². The van der Waals surface area contributed by atoms with Gasteiger partial charge in [-0.3, -0.25) is 4.57 Å². The summed E-state index contributed by atoms with van der Waals surface area (Å²) in [6.45, 7) is 9.41. The lowest BCUT2D eigenvalue weighted by Gasteiger charge is -2.32. The van der Waals surface area contributed by atoms with Crippen LogP contribution in [0.5, 0.6) is 5.75 Å². The maximum Gasteiger partial charge on any atom is 0.409 e. The molecule has 0 bridgehead atoms. The molecule has 1 amide bonds. The number of aromatic nitrogens is 2. The number of likely N-dealkylation sites (tertiary alicyclic amines) is 1. The fourth-order valence-electron chi connectivity index (χ4n) is 3.47.